The molecule has 4 aromatic heterocycles. The second-order valence-corrected chi connectivity index (χ2v) is 12.7. The molecule has 4 N–H and O–H groups in total. The SMILES string of the molecule is Nc1ccc(Br)c(F)n1.O=C(Cl)C1CC1.O=C(Nc1ccc(-c2ccoc2)c(F)n1)C1CC1.O=C(Nc1ccc(Br)c(F)n1)C1CC1. The Morgan fingerprint density at radius 2 is 1.21 bits per heavy atom. The van der Waals surface area contributed by atoms with E-state index < -0.39 is 17.8 Å². The molecular weight excluding hydrogens is 773 g/mol. The van der Waals surface area contributed by atoms with Gasteiger partial charge in [-0.15, -0.1) is 0 Å². The quantitative estimate of drug-likeness (QED) is 0.132. The molecule has 0 unspecified atom stereocenters. The maximum Gasteiger partial charge on any atom is 0.229 e. The molecule has 0 aromatic carbocycles. The van der Waals surface area contributed by atoms with Gasteiger partial charge in [0.25, 0.3) is 0 Å². The van der Waals surface area contributed by atoms with Crippen molar-refractivity contribution in [2.45, 2.75) is 38.5 Å². The lowest BCUT2D eigenvalue weighted by Crippen LogP contribution is -2.14. The third kappa shape index (κ3) is 12.0. The summed E-state index contributed by atoms with van der Waals surface area (Å²) in [5, 5.41) is 5.01. The number of carbonyl (C=O) groups is 3. The molecule has 248 valence electrons. The number of nitrogens with zero attached hydrogens (tertiary/aromatic N) is 3. The second kappa shape index (κ2) is 16.8. The average molecular weight is 801 g/mol. The molecule has 0 aliphatic heterocycles. The van der Waals surface area contributed by atoms with E-state index in [0.717, 1.165) is 38.5 Å². The molecule has 0 bridgehead atoms. The molecule has 16 heteroatoms. The minimum atomic E-state index is -0.620. The first kappa shape index (κ1) is 36.0. The summed E-state index contributed by atoms with van der Waals surface area (Å²) in [6.45, 7) is 0. The molecular formula is C31H28Br2ClF3N6O4. The summed E-state index contributed by atoms with van der Waals surface area (Å²) in [6, 6.07) is 10.9. The van der Waals surface area contributed by atoms with Crippen LogP contribution >= 0.6 is 43.5 Å². The summed E-state index contributed by atoms with van der Waals surface area (Å²) in [6.07, 6.45) is 8.60. The van der Waals surface area contributed by atoms with Crippen molar-refractivity contribution < 1.29 is 32.0 Å². The number of anilines is 3. The van der Waals surface area contributed by atoms with Gasteiger partial charge in [-0.3, -0.25) is 14.4 Å². The van der Waals surface area contributed by atoms with Crippen LogP contribution in [0.1, 0.15) is 38.5 Å². The van der Waals surface area contributed by atoms with Crippen molar-refractivity contribution in [2.24, 2.45) is 17.8 Å². The molecule has 4 heterocycles. The van der Waals surface area contributed by atoms with Crippen LogP contribution in [0.3, 0.4) is 0 Å². The molecule has 3 fully saturated rings. The zero-order valence-electron chi connectivity index (χ0n) is 24.5. The highest BCUT2D eigenvalue weighted by Gasteiger charge is 2.30. The molecule has 2 amide bonds. The number of hydrogen-bond donors (Lipinski definition) is 3. The molecule has 10 nitrogen and oxygen atoms in total. The molecule has 0 atom stereocenters. The largest absolute Gasteiger partial charge is 0.472 e. The molecule has 0 radical (unpaired) electrons. The van der Waals surface area contributed by atoms with Crippen LogP contribution in [0.2, 0.25) is 0 Å². The van der Waals surface area contributed by atoms with E-state index in [-0.39, 0.29) is 52.3 Å². The van der Waals surface area contributed by atoms with Gasteiger partial charge in [0, 0.05) is 28.9 Å². The summed E-state index contributed by atoms with van der Waals surface area (Å²) >= 11 is 11.0. The zero-order valence-corrected chi connectivity index (χ0v) is 28.4. The Morgan fingerprint density at radius 1 is 0.723 bits per heavy atom. The van der Waals surface area contributed by atoms with Gasteiger partial charge in [0.15, 0.2) is 0 Å². The van der Waals surface area contributed by atoms with E-state index in [1.54, 1.807) is 24.3 Å². The number of amides is 2. The average Bonchev–Trinajstić information content (AvgIpc) is 3.89. The Kier molecular flexibility index (Phi) is 12.9. The van der Waals surface area contributed by atoms with Crippen LogP contribution in [-0.4, -0.2) is 32.0 Å². The Bertz CT molecular complexity index is 1720. The topological polar surface area (TPSA) is 153 Å². The molecule has 0 spiro atoms. The highest BCUT2D eigenvalue weighted by Crippen LogP contribution is 2.32. The first-order valence-corrected chi connectivity index (χ1v) is 16.3. The summed E-state index contributed by atoms with van der Waals surface area (Å²) in [4.78, 5) is 43.4. The lowest BCUT2D eigenvalue weighted by atomic mass is 10.1. The lowest BCUT2D eigenvalue weighted by molar-refractivity contribution is -0.118. The zero-order chi connectivity index (χ0) is 34.1. The highest BCUT2D eigenvalue weighted by atomic mass is 79.9. The standard InChI is InChI=1S/C13H11FN2O2.C9H8BrFN2O.C5H4BrFN2.C4H5ClO/c14-12-10(9-5-6-18-7-9)3-4-11(15-12)16-13(17)8-1-2-8;10-6-3-4-7(12-8(6)11)13-9(14)5-1-2-5;6-3-1-2-4(8)9-5(3)7;5-4(6)3-1-2-3/h3-8H,1-2H2,(H,15,16,17);3-5H,1-2H2,(H,12,13,14);1-2H,(H2,8,9);3H,1-2H2. The molecule has 0 saturated heterocycles. The fourth-order valence-corrected chi connectivity index (χ4v) is 4.17. The summed E-state index contributed by atoms with van der Waals surface area (Å²) in [5.41, 5.74) is 6.14. The van der Waals surface area contributed by atoms with Crippen molar-refractivity contribution in [1.29, 1.82) is 0 Å². The maximum absolute atomic E-state index is 13.8. The Morgan fingerprint density at radius 3 is 1.60 bits per heavy atom. The summed E-state index contributed by atoms with van der Waals surface area (Å²) in [7, 11) is 0. The Labute approximate surface area is 289 Å². The third-order valence-corrected chi connectivity index (χ3v) is 8.10. The number of pyridine rings is 3. The number of halogens is 6. The van der Waals surface area contributed by atoms with Crippen molar-refractivity contribution in [3.05, 3.63) is 81.8 Å². The lowest BCUT2D eigenvalue weighted by Gasteiger charge is -2.05. The number of nitrogens with two attached hydrogens (primary N) is 1. The molecule has 3 saturated carbocycles. The van der Waals surface area contributed by atoms with Crippen molar-refractivity contribution in [1.82, 2.24) is 15.0 Å². The van der Waals surface area contributed by atoms with Gasteiger partial charge in [-0.1, -0.05) is 0 Å². The first-order chi connectivity index (χ1) is 22.4. The van der Waals surface area contributed by atoms with Gasteiger partial charge >= 0.3 is 0 Å². The van der Waals surface area contributed by atoms with Crippen LogP contribution in [-0.2, 0) is 14.4 Å². The van der Waals surface area contributed by atoms with E-state index in [0.29, 0.717) is 20.1 Å². The highest BCUT2D eigenvalue weighted by molar-refractivity contribution is 9.10. The number of carbonyl (C=O) groups excluding carboxylic acids is 3. The monoisotopic (exact) mass is 798 g/mol. The van der Waals surface area contributed by atoms with Crippen molar-refractivity contribution >= 4 is 78.0 Å². The van der Waals surface area contributed by atoms with E-state index in [1.165, 1.54) is 30.7 Å². The predicted octanol–water partition coefficient (Wildman–Crippen LogP) is 7.89. The van der Waals surface area contributed by atoms with E-state index in [1.807, 2.05) is 0 Å². The minimum Gasteiger partial charge on any atom is -0.472 e. The summed E-state index contributed by atoms with van der Waals surface area (Å²) < 4.78 is 44.6. The van der Waals surface area contributed by atoms with Gasteiger partial charge in [-0.25, -0.2) is 15.0 Å². The van der Waals surface area contributed by atoms with Crippen molar-refractivity contribution in [3.63, 3.8) is 0 Å². The van der Waals surface area contributed by atoms with E-state index in [2.05, 4.69) is 57.4 Å². The van der Waals surface area contributed by atoms with Gasteiger partial charge in [0.2, 0.25) is 34.9 Å². The van der Waals surface area contributed by atoms with Crippen molar-refractivity contribution in [2.75, 3.05) is 16.4 Å². The second-order valence-electron chi connectivity index (χ2n) is 10.6. The number of rotatable bonds is 6. The molecule has 4 aromatic rings. The van der Waals surface area contributed by atoms with E-state index >= 15 is 0 Å². The third-order valence-electron chi connectivity index (χ3n) is 6.61. The van der Waals surface area contributed by atoms with Gasteiger partial charge in [0.1, 0.15) is 17.5 Å². The van der Waals surface area contributed by atoms with Crippen LogP contribution in [0.5, 0.6) is 0 Å². The normalized spacial score (nSPS) is 14.6. The van der Waals surface area contributed by atoms with Gasteiger partial charge in [-0.2, -0.15) is 13.2 Å². The number of nitrogens with one attached hydrogen (secondary N) is 2. The van der Waals surface area contributed by atoms with Crippen LogP contribution in [0.25, 0.3) is 11.1 Å². The molecule has 3 aliphatic rings. The fourth-order valence-electron chi connectivity index (χ4n) is 3.51. The van der Waals surface area contributed by atoms with E-state index in [4.69, 9.17) is 21.8 Å². The smallest absolute Gasteiger partial charge is 0.229 e. The van der Waals surface area contributed by atoms with Crippen molar-refractivity contribution in [3.8, 4) is 11.1 Å². The molecule has 3 aliphatic carbocycles. The van der Waals surface area contributed by atoms with Crippen LogP contribution < -0.4 is 16.4 Å². The minimum absolute atomic E-state index is 0.0702. The molecule has 7 rings (SSSR count). The Balaban J connectivity index is 0.000000153. The van der Waals surface area contributed by atoms with Gasteiger partial charge in [-0.05, 0) is 124 Å². The number of aromatic nitrogens is 3. The predicted molar refractivity (Wildman–Crippen MR) is 176 cm³/mol. The van der Waals surface area contributed by atoms with Gasteiger partial charge in [0.05, 0.1) is 21.5 Å². The Hall–Kier alpha value is -3.82. The summed E-state index contributed by atoms with van der Waals surface area (Å²) in [5.74, 6) is -0.857. The fraction of sp³-hybridized carbons (Fsp3) is 0.290. The van der Waals surface area contributed by atoms with Crippen LogP contribution in [0.15, 0.2) is 68.4 Å². The number of nitrogen functional groups attached to an aromatic ring is 1. The van der Waals surface area contributed by atoms with Crippen LogP contribution in [0, 0.1) is 35.6 Å². The van der Waals surface area contributed by atoms with E-state index in [9.17, 15) is 27.6 Å². The van der Waals surface area contributed by atoms with Crippen LogP contribution in [0.4, 0.5) is 30.6 Å². The van der Waals surface area contributed by atoms with Gasteiger partial charge < -0.3 is 20.8 Å². The first-order valence-electron chi connectivity index (χ1n) is 14.3. The maximum atomic E-state index is 13.8. The molecule has 47 heavy (non-hydrogen) atoms. The number of furan rings is 1. The number of hydrogen-bond acceptors (Lipinski definition) is 8.